The van der Waals surface area contributed by atoms with Crippen molar-refractivity contribution in [3.63, 3.8) is 0 Å². The number of amides is 2. The number of nitrogens with one attached hydrogen (secondary N) is 2. The molecule has 2 bridgehead atoms. The Kier molecular flexibility index (Phi) is 4.27. The predicted octanol–water partition coefficient (Wildman–Crippen LogP) is 2.05. The van der Waals surface area contributed by atoms with Gasteiger partial charge in [0.15, 0.2) is 0 Å². The fourth-order valence-corrected chi connectivity index (χ4v) is 5.52. The van der Waals surface area contributed by atoms with Crippen molar-refractivity contribution in [2.24, 2.45) is 5.92 Å². The average molecular weight is 410 g/mol. The number of hydrogen-bond acceptors (Lipinski definition) is 5. The van der Waals surface area contributed by atoms with E-state index in [4.69, 9.17) is 0 Å². The molecule has 0 unspecified atom stereocenters. The first-order valence-electron chi connectivity index (χ1n) is 9.83. The first-order valence-corrected chi connectivity index (χ1v) is 11.1. The van der Waals surface area contributed by atoms with Crippen molar-refractivity contribution in [3.05, 3.63) is 52.1 Å². The van der Waals surface area contributed by atoms with Gasteiger partial charge < -0.3 is 15.2 Å². The number of fused-ring (bicyclic) bond motifs is 5. The zero-order valence-corrected chi connectivity index (χ0v) is 16.9. The quantitative estimate of drug-likeness (QED) is 0.753. The minimum Gasteiger partial charge on any atom is -0.345 e. The lowest BCUT2D eigenvalue weighted by Gasteiger charge is -2.38. The SMILES string of the molecule is CS/C=C/C(=O)N1[C@@H]2CC[C@H]1[C@@H]1C[C@]1(NC(=O)c1cc3ccncc3c(=O)[nH]1)C2. The van der Waals surface area contributed by atoms with Crippen molar-refractivity contribution in [3.8, 4) is 0 Å². The van der Waals surface area contributed by atoms with Crippen molar-refractivity contribution >= 4 is 34.3 Å². The Morgan fingerprint density at radius 2 is 2.24 bits per heavy atom. The van der Waals surface area contributed by atoms with E-state index < -0.39 is 0 Å². The molecule has 0 radical (unpaired) electrons. The number of aromatic nitrogens is 2. The number of nitrogens with zero attached hydrogens (tertiary/aromatic N) is 2. The number of hydrogen-bond donors (Lipinski definition) is 2. The van der Waals surface area contributed by atoms with Crippen LogP contribution in [0.5, 0.6) is 0 Å². The second-order valence-electron chi connectivity index (χ2n) is 8.18. The van der Waals surface area contributed by atoms with Gasteiger partial charge in [0.05, 0.1) is 5.39 Å². The lowest BCUT2D eigenvalue weighted by atomic mass is 9.96. The first-order chi connectivity index (χ1) is 14.0. The monoisotopic (exact) mass is 410 g/mol. The molecule has 3 fully saturated rings. The molecule has 29 heavy (non-hydrogen) atoms. The number of pyridine rings is 2. The van der Waals surface area contributed by atoms with Gasteiger partial charge in [0.25, 0.3) is 11.5 Å². The van der Waals surface area contributed by atoms with Gasteiger partial charge in [0.1, 0.15) is 5.69 Å². The van der Waals surface area contributed by atoms with Crippen LogP contribution in [0.1, 0.15) is 36.2 Å². The minimum absolute atomic E-state index is 0.0751. The third-order valence-corrected chi connectivity index (χ3v) is 7.01. The Bertz CT molecular complexity index is 1100. The van der Waals surface area contributed by atoms with E-state index in [1.807, 2.05) is 16.6 Å². The highest BCUT2D eigenvalue weighted by molar-refractivity contribution is 8.01. The Hall–Kier alpha value is -2.61. The highest BCUT2D eigenvalue weighted by Gasteiger charge is 2.66. The molecule has 8 heteroatoms. The fraction of sp³-hybridized carbons (Fsp3) is 0.429. The summed E-state index contributed by atoms with van der Waals surface area (Å²) in [7, 11) is 0. The van der Waals surface area contributed by atoms with E-state index in [9.17, 15) is 14.4 Å². The molecule has 4 heterocycles. The number of rotatable bonds is 4. The number of aromatic amines is 1. The van der Waals surface area contributed by atoms with Gasteiger partial charge in [0, 0.05) is 42.0 Å². The first kappa shape index (κ1) is 18.4. The predicted molar refractivity (Wildman–Crippen MR) is 112 cm³/mol. The number of piperidine rings is 1. The molecule has 2 saturated heterocycles. The maximum atomic E-state index is 12.9. The maximum absolute atomic E-state index is 12.9. The molecular formula is C21H22N4O3S. The summed E-state index contributed by atoms with van der Waals surface area (Å²) in [6, 6.07) is 3.78. The lowest BCUT2D eigenvalue weighted by Crippen LogP contribution is -2.53. The van der Waals surface area contributed by atoms with E-state index in [0.29, 0.717) is 10.8 Å². The standard InChI is InChI=1S/C21H22N4O3S/c1-29-7-5-18(26)25-13-2-3-17(25)15-10-21(15,9-13)24-20(28)16-8-12-4-6-22-11-14(12)19(27)23-16/h4-8,11,13,15,17H,2-3,9-10H2,1H3,(H,23,27)(H,24,28)/b7-5+/t13-,15+,17+,21-/m1/s1. The van der Waals surface area contributed by atoms with Crippen LogP contribution in [0.3, 0.4) is 0 Å². The molecule has 0 spiro atoms. The molecule has 2 aliphatic heterocycles. The van der Waals surface area contributed by atoms with Gasteiger partial charge >= 0.3 is 0 Å². The summed E-state index contributed by atoms with van der Waals surface area (Å²) in [6.07, 6.45) is 10.3. The van der Waals surface area contributed by atoms with Gasteiger partial charge in [-0.2, -0.15) is 0 Å². The summed E-state index contributed by atoms with van der Waals surface area (Å²) in [5.74, 6) is 0.101. The molecular weight excluding hydrogens is 388 g/mol. The van der Waals surface area contributed by atoms with Crippen molar-refractivity contribution < 1.29 is 9.59 Å². The van der Waals surface area contributed by atoms with Gasteiger partial charge in [-0.3, -0.25) is 19.4 Å². The lowest BCUT2D eigenvalue weighted by molar-refractivity contribution is -0.130. The summed E-state index contributed by atoms with van der Waals surface area (Å²) in [5, 5.41) is 6.18. The van der Waals surface area contributed by atoms with E-state index in [0.717, 1.165) is 25.7 Å². The molecule has 2 N–H and O–H groups in total. The van der Waals surface area contributed by atoms with Crippen LogP contribution in [-0.4, -0.2) is 50.6 Å². The van der Waals surface area contributed by atoms with Crippen LogP contribution >= 0.6 is 11.8 Å². The molecule has 2 aromatic rings. The molecule has 3 aliphatic rings. The molecule has 4 atom stereocenters. The summed E-state index contributed by atoms with van der Waals surface area (Å²) in [6.45, 7) is 0. The van der Waals surface area contributed by atoms with Crippen molar-refractivity contribution in [1.29, 1.82) is 0 Å². The molecule has 7 nitrogen and oxygen atoms in total. The van der Waals surface area contributed by atoms with E-state index in [2.05, 4.69) is 15.3 Å². The highest BCUT2D eigenvalue weighted by atomic mass is 32.2. The van der Waals surface area contributed by atoms with Crippen molar-refractivity contribution in [2.45, 2.75) is 43.3 Å². The highest BCUT2D eigenvalue weighted by Crippen LogP contribution is 2.59. The Balaban J connectivity index is 1.36. The van der Waals surface area contributed by atoms with E-state index in [1.165, 1.54) is 18.0 Å². The van der Waals surface area contributed by atoms with E-state index in [1.54, 1.807) is 24.4 Å². The largest absolute Gasteiger partial charge is 0.345 e. The smallest absolute Gasteiger partial charge is 0.268 e. The fourth-order valence-electron chi connectivity index (χ4n) is 5.27. The topological polar surface area (TPSA) is 95.2 Å². The van der Waals surface area contributed by atoms with Crippen LogP contribution in [0.15, 0.2) is 40.8 Å². The number of carbonyl (C=O) groups excluding carboxylic acids is 2. The molecule has 2 amide bonds. The van der Waals surface area contributed by atoms with Crippen LogP contribution in [0.4, 0.5) is 0 Å². The summed E-state index contributed by atoms with van der Waals surface area (Å²) in [5.41, 5.74) is -0.304. The minimum atomic E-state index is -0.313. The van der Waals surface area contributed by atoms with Crippen molar-refractivity contribution in [1.82, 2.24) is 20.2 Å². The normalized spacial score (nSPS) is 29.8. The second kappa shape index (κ2) is 6.73. The average Bonchev–Trinajstić information content (AvgIpc) is 3.31. The van der Waals surface area contributed by atoms with E-state index in [-0.39, 0.29) is 46.6 Å². The van der Waals surface area contributed by atoms with Crippen LogP contribution in [0.2, 0.25) is 0 Å². The van der Waals surface area contributed by atoms with Gasteiger partial charge in [0.2, 0.25) is 5.91 Å². The number of H-pyrrole nitrogens is 1. The number of carbonyl (C=O) groups is 2. The van der Waals surface area contributed by atoms with E-state index >= 15 is 0 Å². The van der Waals surface area contributed by atoms with Gasteiger partial charge in [-0.15, -0.1) is 11.8 Å². The zero-order chi connectivity index (χ0) is 20.2. The molecule has 1 aliphatic carbocycles. The molecule has 2 aromatic heterocycles. The Morgan fingerprint density at radius 3 is 3.07 bits per heavy atom. The van der Waals surface area contributed by atoms with Gasteiger partial charge in [-0.05, 0) is 54.9 Å². The Labute approximate surface area is 172 Å². The van der Waals surface area contributed by atoms with Gasteiger partial charge in [-0.25, -0.2) is 0 Å². The molecule has 150 valence electrons. The number of thioether (sulfide) groups is 1. The maximum Gasteiger partial charge on any atom is 0.268 e. The third kappa shape index (κ3) is 2.97. The second-order valence-corrected chi connectivity index (χ2v) is 8.93. The molecule has 1 saturated carbocycles. The van der Waals surface area contributed by atoms with Gasteiger partial charge in [-0.1, -0.05) is 0 Å². The zero-order valence-electron chi connectivity index (χ0n) is 16.1. The van der Waals surface area contributed by atoms with Crippen LogP contribution in [0.25, 0.3) is 10.8 Å². The van der Waals surface area contributed by atoms with Crippen LogP contribution in [0, 0.1) is 5.92 Å². The Morgan fingerprint density at radius 1 is 1.38 bits per heavy atom. The van der Waals surface area contributed by atoms with Crippen LogP contribution in [-0.2, 0) is 4.79 Å². The van der Waals surface area contributed by atoms with Crippen molar-refractivity contribution in [2.75, 3.05) is 6.26 Å². The summed E-state index contributed by atoms with van der Waals surface area (Å²) in [4.78, 5) is 46.5. The summed E-state index contributed by atoms with van der Waals surface area (Å²) >= 11 is 1.52. The molecule has 0 aromatic carbocycles. The molecule has 5 rings (SSSR count). The summed E-state index contributed by atoms with van der Waals surface area (Å²) < 4.78 is 0. The third-order valence-electron chi connectivity index (χ3n) is 6.60. The van der Waals surface area contributed by atoms with Crippen LogP contribution < -0.4 is 10.9 Å².